The molecule has 0 aliphatic carbocycles. The summed E-state index contributed by atoms with van der Waals surface area (Å²) in [4.78, 5) is 36.4. The second-order valence-corrected chi connectivity index (χ2v) is 9.08. The number of nitrogens with zero attached hydrogens (tertiary/aromatic N) is 1. The molecule has 0 unspecified atom stereocenters. The number of carbonyl (C=O) groups excluding carboxylic acids is 2. The fourth-order valence-corrected chi connectivity index (χ4v) is 5.05. The Bertz CT molecular complexity index is 1060. The van der Waals surface area contributed by atoms with Crippen LogP contribution < -0.4 is 16.0 Å². The molecule has 3 amide bonds. The zero-order chi connectivity index (χ0) is 23.1. The van der Waals surface area contributed by atoms with Crippen molar-refractivity contribution in [3.8, 4) is 0 Å². The van der Waals surface area contributed by atoms with Gasteiger partial charge in [0.05, 0.1) is 11.4 Å². The average molecular weight is 461 g/mol. The van der Waals surface area contributed by atoms with E-state index in [0.717, 1.165) is 4.31 Å². The van der Waals surface area contributed by atoms with Crippen molar-refractivity contribution < 1.29 is 27.9 Å². The Morgan fingerprint density at radius 1 is 1.03 bits per heavy atom. The second-order valence-electron chi connectivity index (χ2n) is 7.19. The van der Waals surface area contributed by atoms with Crippen molar-refractivity contribution in [2.24, 2.45) is 0 Å². The van der Waals surface area contributed by atoms with E-state index in [1.165, 1.54) is 12.1 Å². The SMILES string of the molecule is O=C(NC[C@H](NC(=O)[C@@H]1CCCN1S(=O)(=O)c1ccccc1)C(=O)O)Nc1ccccc1. The van der Waals surface area contributed by atoms with Crippen molar-refractivity contribution in [1.82, 2.24) is 14.9 Å². The van der Waals surface area contributed by atoms with E-state index in [9.17, 15) is 27.9 Å². The Morgan fingerprint density at radius 2 is 1.66 bits per heavy atom. The zero-order valence-electron chi connectivity index (χ0n) is 17.1. The zero-order valence-corrected chi connectivity index (χ0v) is 17.9. The van der Waals surface area contributed by atoms with Crippen LogP contribution >= 0.6 is 0 Å². The topological polar surface area (TPSA) is 145 Å². The normalized spacial score (nSPS) is 17.3. The maximum Gasteiger partial charge on any atom is 0.328 e. The first-order valence-corrected chi connectivity index (χ1v) is 11.4. The lowest BCUT2D eigenvalue weighted by Gasteiger charge is -2.25. The van der Waals surface area contributed by atoms with Crippen LogP contribution in [0, 0.1) is 0 Å². The number of urea groups is 1. The first kappa shape index (κ1) is 23.2. The lowest BCUT2D eigenvalue weighted by atomic mass is 10.2. The molecule has 1 aliphatic rings. The number of carboxylic acid groups (broad SMARTS) is 1. The van der Waals surface area contributed by atoms with Crippen molar-refractivity contribution in [2.45, 2.75) is 29.8 Å². The molecule has 2 aromatic rings. The van der Waals surface area contributed by atoms with Gasteiger partial charge in [-0.1, -0.05) is 36.4 Å². The molecule has 1 fully saturated rings. The monoisotopic (exact) mass is 460 g/mol. The molecule has 0 saturated carbocycles. The van der Waals surface area contributed by atoms with E-state index in [1.807, 2.05) is 0 Å². The van der Waals surface area contributed by atoms with Gasteiger partial charge in [0.2, 0.25) is 15.9 Å². The van der Waals surface area contributed by atoms with Crippen molar-refractivity contribution in [3.05, 3.63) is 60.7 Å². The molecule has 4 N–H and O–H groups in total. The quantitative estimate of drug-likeness (QED) is 0.466. The molecule has 0 bridgehead atoms. The maximum atomic E-state index is 12.9. The van der Waals surface area contributed by atoms with Crippen LogP contribution in [0.15, 0.2) is 65.6 Å². The van der Waals surface area contributed by atoms with Crippen molar-refractivity contribution in [3.63, 3.8) is 0 Å². The highest BCUT2D eigenvalue weighted by molar-refractivity contribution is 7.89. The van der Waals surface area contributed by atoms with Gasteiger partial charge in [0.15, 0.2) is 0 Å². The number of sulfonamides is 1. The smallest absolute Gasteiger partial charge is 0.328 e. The minimum atomic E-state index is -3.90. The highest BCUT2D eigenvalue weighted by Crippen LogP contribution is 2.26. The molecule has 32 heavy (non-hydrogen) atoms. The van der Waals surface area contributed by atoms with Crippen LogP contribution in [0.4, 0.5) is 10.5 Å². The molecule has 170 valence electrons. The number of benzene rings is 2. The van der Waals surface area contributed by atoms with Gasteiger partial charge in [-0.25, -0.2) is 18.0 Å². The van der Waals surface area contributed by atoms with Gasteiger partial charge >= 0.3 is 12.0 Å². The lowest BCUT2D eigenvalue weighted by molar-refractivity contribution is -0.142. The van der Waals surface area contributed by atoms with Crippen LogP contribution in [0.2, 0.25) is 0 Å². The molecule has 1 saturated heterocycles. The standard InChI is InChI=1S/C21H24N4O6S/c26-19(18-12-7-13-25(18)32(30,31)16-10-5-2-6-11-16)24-17(20(27)28)14-22-21(29)23-15-8-3-1-4-9-15/h1-6,8-11,17-18H,7,12-14H2,(H,24,26)(H,27,28)(H2,22,23,29)/t17-,18-/m0/s1. The number of amides is 3. The molecule has 0 aromatic heterocycles. The second kappa shape index (κ2) is 10.2. The highest BCUT2D eigenvalue weighted by Gasteiger charge is 2.40. The fourth-order valence-electron chi connectivity index (χ4n) is 3.38. The van der Waals surface area contributed by atoms with Crippen LogP contribution in [0.25, 0.3) is 0 Å². The van der Waals surface area contributed by atoms with Gasteiger partial charge in [-0.05, 0) is 37.1 Å². The van der Waals surface area contributed by atoms with Crippen LogP contribution in [0.3, 0.4) is 0 Å². The van der Waals surface area contributed by atoms with E-state index in [4.69, 9.17) is 0 Å². The number of carboxylic acids is 1. The molecule has 1 heterocycles. The molecule has 2 aromatic carbocycles. The minimum absolute atomic E-state index is 0.0636. The number of hydrogen-bond donors (Lipinski definition) is 4. The molecule has 10 nitrogen and oxygen atoms in total. The van der Waals surface area contributed by atoms with Gasteiger partial charge in [0.1, 0.15) is 12.1 Å². The molecule has 3 rings (SSSR count). The largest absolute Gasteiger partial charge is 0.480 e. The summed E-state index contributed by atoms with van der Waals surface area (Å²) in [6, 6.07) is 13.2. The summed E-state index contributed by atoms with van der Waals surface area (Å²) in [6.07, 6.45) is 0.742. The van der Waals surface area contributed by atoms with Crippen LogP contribution in [-0.4, -0.2) is 60.9 Å². The maximum absolute atomic E-state index is 12.9. The third-order valence-corrected chi connectivity index (χ3v) is 6.89. The van der Waals surface area contributed by atoms with Gasteiger partial charge in [-0.2, -0.15) is 4.31 Å². The molecular formula is C21H24N4O6S. The third kappa shape index (κ3) is 5.62. The molecule has 11 heteroatoms. The van der Waals surface area contributed by atoms with Gasteiger partial charge in [0.25, 0.3) is 0 Å². The summed E-state index contributed by atoms with van der Waals surface area (Å²) in [5.41, 5.74) is 0.522. The first-order chi connectivity index (χ1) is 15.3. The summed E-state index contributed by atoms with van der Waals surface area (Å²) < 4.78 is 26.9. The van der Waals surface area contributed by atoms with Crippen LogP contribution in [-0.2, 0) is 19.6 Å². The Balaban J connectivity index is 1.62. The minimum Gasteiger partial charge on any atom is -0.480 e. The summed E-state index contributed by atoms with van der Waals surface area (Å²) in [6.45, 7) is -0.220. The van der Waals surface area contributed by atoms with Gasteiger partial charge < -0.3 is 21.1 Å². The lowest BCUT2D eigenvalue weighted by Crippen LogP contribution is -2.54. The molecule has 1 aliphatic heterocycles. The van der Waals surface area contributed by atoms with E-state index < -0.39 is 40.0 Å². The highest BCUT2D eigenvalue weighted by atomic mass is 32.2. The number of para-hydroxylation sites is 1. The number of anilines is 1. The van der Waals surface area contributed by atoms with Crippen molar-refractivity contribution in [1.29, 1.82) is 0 Å². The van der Waals surface area contributed by atoms with Crippen LogP contribution in [0.5, 0.6) is 0 Å². The van der Waals surface area contributed by atoms with E-state index in [1.54, 1.807) is 48.5 Å². The number of rotatable bonds is 8. The Labute approximate surface area is 185 Å². The number of aliphatic carboxylic acids is 1. The molecule has 2 atom stereocenters. The summed E-state index contributed by atoms with van der Waals surface area (Å²) in [7, 11) is -3.90. The van der Waals surface area contributed by atoms with E-state index in [-0.39, 0.29) is 24.4 Å². The van der Waals surface area contributed by atoms with E-state index in [2.05, 4.69) is 16.0 Å². The summed E-state index contributed by atoms with van der Waals surface area (Å²) >= 11 is 0. The predicted molar refractivity (Wildman–Crippen MR) is 116 cm³/mol. The Hall–Kier alpha value is -3.44. The van der Waals surface area contributed by atoms with Crippen molar-refractivity contribution >= 4 is 33.6 Å². The number of nitrogens with one attached hydrogen (secondary N) is 3. The number of carbonyl (C=O) groups is 3. The molecular weight excluding hydrogens is 436 g/mol. The average Bonchev–Trinajstić information content (AvgIpc) is 3.29. The van der Waals surface area contributed by atoms with Crippen molar-refractivity contribution in [2.75, 3.05) is 18.4 Å². The van der Waals surface area contributed by atoms with E-state index in [0.29, 0.717) is 12.1 Å². The first-order valence-electron chi connectivity index (χ1n) is 9.99. The Morgan fingerprint density at radius 3 is 2.28 bits per heavy atom. The third-order valence-electron chi connectivity index (χ3n) is 4.97. The fraction of sp³-hybridized carbons (Fsp3) is 0.286. The molecule has 0 radical (unpaired) electrons. The number of hydrogen-bond acceptors (Lipinski definition) is 5. The van der Waals surface area contributed by atoms with Crippen LogP contribution in [0.1, 0.15) is 12.8 Å². The predicted octanol–water partition coefficient (Wildman–Crippen LogP) is 1.23. The summed E-state index contributed by atoms with van der Waals surface area (Å²) in [5, 5.41) is 16.7. The summed E-state index contributed by atoms with van der Waals surface area (Å²) in [5.74, 6) is -2.08. The Kier molecular flexibility index (Phi) is 7.44. The van der Waals surface area contributed by atoms with Gasteiger partial charge in [-0.3, -0.25) is 4.79 Å². The molecule has 0 spiro atoms. The van der Waals surface area contributed by atoms with Gasteiger partial charge in [-0.15, -0.1) is 0 Å². The van der Waals surface area contributed by atoms with E-state index >= 15 is 0 Å². The van der Waals surface area contributed by atoms with Gasteiger partial charge in [0, 0.05) is 12.2 Å².